The monoisotopic (exact) mass is 122 g/mol. The van der Waals surface area contributed by atoms with Crippen LogP contribution >= 0.6 is 0 Å². The Labute approximate surface area is 47.2 Å². The van der Waals surface area contributed by atoms with Crippen molar-refractivity contribution in [1.82, 2.24) is 0 Å². The Balaban J connectivity index is 0.000000360. The first-order valence-electron chi connectivity index (χ1n) is 2.21. The van der Waals surface area contributed by atoms with Crippen molar-refractivity contribution in [3.05, 3.63) is 0 Å². The highest BCUT2D eigenvalue weighted by atomic mass is 32.2. The first-order chi connectivity index (χ1) is 2.89. The van der Waals surface area contributed by atoms with Gasteiger partial charge in [-0.1, -0.05) is 0 Å². The number of thiol groups is 1. The molecule has 0 spiro atoms. The molecule has 1 rings (SSSR count). The molecule has 44 valence electrons. The van der Waals surface area contributed by atoms with Crippen LogP contribution in [0.15, 0.2) is 0 Å². The van der Waals surface area contributed by atoms with Gasteiger partial charge in [-0.2, -0.15) is 0 Å². The standard InChI is InChI=1S/C4H8OS.H2O/c5-4-1-2-6-3-4;/h4-5H,1-3H2;1H2. The van der Waals surface area contributed by atoms with Crippen LogP contribution in [0, 0.1) is 0 Å². The van der Waals surface area contributed by atoms with E-state index in [1.807, 2.05) is 0 Å². The predicted octanol–water partition coefficient (Wildman–Crippen LogP) is -0.611. The topological polar surface area (TPSA) is 50.2 Å². The van der Waals surface area contributed by atoms with Gasteiger partial charge >= 0.3 is 0 Å². The SMILES string of the molecule is OC1CC[SH+]C1.[OH-]. The molecule has 0 aliphatic carbocycles. The minimum absolute atomic E-state index is 0. The van der Waals surface area contributed by atoms with Gasteiger partial charge in [0.25, 0.3) is 0 Å². The zero-order valence-corrected chi connectivity index (χ0v) is 4.93. The van der Waals surface area contributed by atoms with Gasteiger partial charge < -0.3 is 10.6 Å². The van der Waals surface area contributed by atoms with Crippen LogP contribution in [0.1, 0.15) is 6.42 Å². The lowest BCUT2D eigenvalue weighted by Gasteiger charge is -1.85. The molecule has 0 bridgehead atoms. The number of hydrogen-bond donors (Lipinski definition) is 1. The molecule has 1 atom stereocenters. The normalized spacial score (nSPS) is 29.6. The van der Waals surface area contributed by atoms with E-state index in [2.05, 4.69) is 0 Å². The van der Waals surface area contributed by atoms with E-state index in [-0.39, 0.29) is 11.6 Å². The van der Waals surface area contributed by atoms with E-state index in [1.54, 1.807) is 0 Å². The fourth-order valence-electron chi connectivity index (χ4n) is 0.572. The average molecular weight is 122 g/mol. The van der Waals surface area contributed by atoms with E-state index in [0.29, 0.717) is 0 Å². The summed E-state index contributed by atoms with van der Waals surface area (Å²) in [6, 6.07) is 0. The van der Waals surface area contributed by atoms with E-state index in [9.17, 15) is 0 Å². The Morgan fingerprint density at radius 3 is 2.43 bits per heavy atom. The van der Waals surface area contributed by atoms with Crippen molar-refractivity contribution in [3.63, 3.8) is 0 Å². The van der Waals surface area contributed by atoms with Crippen molar-refractivity contribution in [2.45, 2.75) is 12.5 Å². The molecule has 2 N–H and O–H groups in total. The third-order valence-electron chi connectivity index (χ3n) is 0.960. The van der Waals surface area contributed by atoms with Crippen LogP contribution < -0.4 is 0 Å². The molecule has 2 nitrogen and oxygen atoms in total. The molecule has 1 fully saturated rings. The predicted molar refractivity (Wildman–Crippen MR) is 31.1 cm³/mol. The van der Waals surface area contributed by atoms with Gasteiger partial charge in [0.1, 0.15) is 17.6 Å². The molecule has 1 aliphatic heterocycles. The van der Waals surface area contributed by atoms with Gasteiger partial charge in [-0.15, -0.1) is 0 Å². The molecule has 7 heavy (non-hydrogen) atoms. The van der Waals surface area contributed by atoms with Gasteiger partial charge in [0.2, 0.25) is 0 Å². The Bertz CT molecular complexity index is 43.0. The molecule has 1 saturated heterocycles. The summed E-state index contributed by atoms with van der Waals surface area (Å²) in [5, 5.41) is 8.72. The van der Waals surface area contributed by atoms with Crippen molar-refractivity contribution in [1.29, 1.82) is 0 Å². The van der Waals surface area contributed by atoms with Crippen molar-refractivity contribution in [2.24, 2.45) is 0 Å². The highest BCUT2D eigenvalue weighted by Gasteiger charge is 2.17. The Morgan fingerprint density at radius 2 is 2.29 bits per heavy atom. The zero-order chi connectivity index (χ0) is 4.41. The lowest BCUT2D eigenvalue weighted by atomic mass is 10.3. The van der Waals surface area contributed by atoms with E-state index in [0.717, 1.165) is 12.2 Å². The van der Waals surface area contributed by atoms with Crippen LogP contribution in [-0.4, -0.2) is 28.2 Å². The number of aliphatic hydroxyl groups is 1. The summed E-state index contributed by atoms with van der Waals surface area (Å²) in [6.07, 6.45) is 1.06. The van der Waals surface area contributed by atoms with Gasteiger partial charge in [-0.3, -0.25) is 0 Å². The summed E-state index contributed by atoms with van der Waals surface area (Å²) in [7, 11) is 0. The number of aliphatic hydroxyl groups excluding tert-OH is 1. The molecule has 1 aliphatic rings. The highest BCUT2D eigenvalue weighted by molar-refractivity contribution is 7.78. The van der Waals surface area contributed by atoms with Gasteiger partial charge in [0.05, 0.1) is 0 Å². The molecule has 1 heterocycles. The largest absolute Gasteiger partial charge is 0.870 e. The minimum atomic E-state index is 0. The van der Waals surface area contributed by atoms with Crippen molar-refractivity contribution >= 4 is 11.8 Å². The maximum absolute atomic E-state index is 8.72. The Kier molecular flexibility index (Phi) is 3.42. The minimum Gasteiger partial charge on any atom is -0.870 e. The molecule has 1 unspecified atom stereocenters. The Morgan fingerprint density at radius 1 is 1.57 bits per heavy atom. The summed E-state index contributed by atoms with van der Waals surface area (Å²) < 4.78 is 0. The second-order valence-electron chi connectivity index (χ2n) is 1.57. The smallest absolute Gasteiger partial charge is 0.131 e. The van der Waals surface area contributed by atoms with Crippen LogP contribution in [0.25, 0.3) is 0 Å². The van der Waals surface area contributed by atoms with Gasteiger partial charge in [-0.05, 0) is 11.8 Å². The third-order valence-corrected chi connectivity index (χ3v) is 2.21. The quantitative estimate of drug-likeness (QED) is 0.344. The lowest BCUT2D eigenvalue weighted by Crippen LogP contribution is -2.02. The lowest BCUT2D eigenvalue weighted by molar-refractivity contribution is 0.203. The third kappa shape index (κ3) is 2.16. The molecular formula is C4H10O2S. The van der Waals surface area contributed by atoms with Crippen LogP contribution in [0.2, 0.25) is 0 Å². The first kappa shape index (κ1) is 7.27. The average Bonchev–Trinajstić information content (AvgIpc) is 1.86. The van der Waals surface area contributed by atoms with E-state index >= 15 is 0 Å². The highest BCUT2D eigenvalue weighted by Crippen LogP contribution is 2.01. The summed E-state index contributed by atoms with van der Waals surface area (Å²) >= 11 is 1.44. The van der Waals surface area contributed by atoms with E-state index < -0.39 is 0 Å². The molecule has 0 radical (unpaired) electrons. The zero-order valence-electron chi connectivity index (χ0n) is 4.04. The number of hydrogen-bond acceptors (Lipinski definition) is 2. The van der Waals surface area contributed by atoms with Gasteiger partial charge in [-0.25, -0.2) is 0 Å². The summed E-state index contributed by atoms with van der Waals surface area (Å²) in [5.74, 6) is 2.22. The molecular weight excluding hydrogens is 112 g/mol. The van der Waals surface area contributed by atoms with E-state index in [1.165, 1.54) is 17.5 Å². The van der Waals surface area contributed by atoms with Gasteiger partial charge in [0, 0.05) is 6.42 Å². The van der Waals surface area contributed by atoms with Crippen LogP contribution in [-0.2, 0) is 11.8 Å². The Hall–Kier alpha value is 0.270. The maximum Gasteiger partial charge on any atom is 0.131 e. The molecule has 0 aromatic heterocycles. The second kappa shape index (κ2) is 3.29. The maximum atomic E-state index is 8.72. The van der Waals surface area contributed by atoms with Crippen molar-refractivity contribution in [3.8, 4) is 0 Å². The number of rotatable bonds is 0. The van der Waals surface area contributed by atoms with Gasteiger partial charge in [0.15, 0.2) is 0 Å². The van der Waals surface area contributed by atoms with Crippen LogP contribution in [0.4, 0.5) is 0 Å². The van der Waals surface area contributed by atoms with Crippen molar-refractivity contribution in [2.75, 3.05) is 11.5 Å². The fourth-order valence-corrected chi connectivity index (χ4v) is 1.72. The molecule has 0 aromatic rings. The second-order valence-corrected chi connectivity index (χ2v) is 2.83. The molecule has 0 amide bonds. The van der Waals surface area contributed by atoms with Crippen LogP contribution in [0.3, 0.4) is 0 Å². The fraction of sp³-hybridized carbons (Fsp3) is 1.00. The molecule has 0 aromatic carbocycles. The van der Waals surface area contributed by atoms with E-state index in [4.69, 9.17) is 5.11 Å². The summed E-state index contributed by atoms with van der Waals surface area (Å²) in [6.45, 7) is 0. The summed E-state index contributed by atoms with van der Waals surface area (Å²) in [4.78, 5) is 0. The molecule has 0 saturated carbocycles. The van der Waals surface area contributed by atoms with Crippen molar-refractivity contribution < 1.29 is 10.6 Å². The molecule has 3 heteroatoms. The first-order valence-corrected chi connectivity index (χ1v) is 3.47. The summed E-state index contributed by atoms with van der Waals surface area (Å²) in [5.41, 5.74) is 0. The van der Waals surface area contributed by atoms with Crippen LogP contribution in [0.5, 0.6) is 0 Å².